The molecule has 9 atom stereocenters. The molecule has 0 aromatic heterocycles. The van der Waals surface area contributed by atoms with Gasteiger partial charge in [0.2, 0.25) is 0 Å². The minimum Gasteiger partial charge on any atom is -0.393 e. The van der Waals surface area contributed by atoms with Crippen molar-refractivity contribution in [2.75, 3.05) is 6.61 Å². The Kier molecular flexibility index (Phi) is 6.57. The third kappa shape index (κ3) is 3.18. The summed E-state index contributed by atoms with van der Waals surface area (Å²) in [6.45, 7) is 19.2. The Morgan fingerprint density at radius 2 is 1.59 bits per heavy atom. The third-order valence-corrected chi connectivity index (χ3v) is 13.1. The highest BCUT2D eigenvalue weighted by atomic mass is 16.3. The van der Waals surface area contributed by atoms with E-state index in [1.807, 2.05) is 0 Å². The van der Waals surface area contributed by atoms with Gasteiger partial charge >= 0.3 is 0 Å². The lowest BCUT2D eigenvalue weighted by Gasteiger charge is -2.75. The van der Waals surface area contributed by atoms with Gasteiger partial charge in [0.05, 0.1) is 18.8 Å². The summed E-state index contributed by atoms with van der Waals surface area (Å²) in [5, 5.41) is 32.8. The molecule has 4 rings (SSSR count). The molecule has 4 saturated carbocycles. The van der Waals surface area contributed by atoms with Crippen molar-refractivity contribution in [3.05, 3.63) is 22.8 Å². The first kappa shape index (κ1) is 26.4. The van der Waals surface area contributed by atoms with Crippen LogP contribution in [0.25, 0.3) is 0 Å². The first-order chi connectivity index (χ1) is 15.7. The van der Waals surface area contributed by atoms with Crippen molar-refractivity contribution in [1.29, 1.82) is 0 Å². The van der Waals surface area contributed by atoms with Gasteiger partial charge in [-0.3, -0.25) is 0 Å². The molecule has 1 unspecified atom stereocenters. The quantitative estimate of drug-likeness (QED) is 0.394. The van der Waals surface area contributed by atoms with Gasteiger partial charge in [0, 0.05) is 0 Å². The average Bonchev–Trinajstić information content (AvgIpc) is 2.97. The Balaban J connectivity index is 1.79. The van der Waals surface area contributed by atoms with Crippen LogP contribution in [0.2, 0.25) is 0 Å². The van der Waals surface area contributed by atoms with Crippen LogP contribution >= 0.6 is 0 Å². The lowest BCUT2D eigenvalue weighted by atomic mass is 9.29. The zero-order valence-corrected chi connectivity index (χ0v) is 23.3. The standard InChI is InChI=1S/C31H52O3/c1-20(2)10-9-11-22(19-32)26-25(34)18-31(8)28(26,5)16-17-29(6)27(4)14-13-24(33)21(3)23(27)12-15-30(29,31)7/h10,21,23-25,32-34H,9,11-19H2,1-8H3/t21-,23?,24+,25-,27-,28-,29-,30-,31-/m0/s1. The monoisotopic (exact) mass is 472 g/mol. The Bertz CT molecular complexity index is 870. The molecule has 3 N–H and O–H groups in total. The summed E-state index contributed by atoms with van der Waals surface area (Å²) in [5.74, 6) is 0.933. The van der Waals surface area contributed by atoms with E-state index in [-0.39, 0.29) is 39.8 Å². The molecule has 0 saturated heterocycles. The predicted octanol–water partition coefficient (Wildman–Crippen LogP) is 6.81. The summed E-state index contributed by atoms with van der Waals surface area (Å²) < 4.78 is 0. The molecular weight excluding hydrogens is 420 g/mol. The number of hydrogen-bond donors (Lipinski definition) is 3. The van der Waals surface area contributed by atoms with Crippen molar-refractivity contribution in [2.45, 2.75) is 125 Å². The number of allylic oxidation sites excluding steroid dienone is 2. The van der Waals surface area contributed by atoms with E-state index in [4.69, 9.17) is 0 Å². The molecule has 0 radical (unpaired) electrons. The number of aliphatic hydroxyl groups excluding tert-OH is 3. The maximum atomic E-state index is 11.6. The Labute approximate surface area is 209 Å². The van der Waals surface area contributed by atoms with Crippen molar-refractivity contribution >= 4 is 0 Å². The molecule has 0 aromatic rings. The maximum Gasteiger partial charge on any atom is 0.0764 e. The van der Waals surface area contributed by atoms with Gasteiger partial charge in [-0.1, -0.05) is 53.2 Å². The zero-order chi connectivity index (χ0) is 25.3. The van der Waals surface area contributed by atoms with Crippen LogP contribution in [0.5, 0.6) is 0 Å². The molecule has 0 aromatic carbocycles. The van der Waals surface area contributed by atoms with E-state index >= 15 is 0 Å². The Morgan fingerprint density at radius 1 is 0.912 bits per heavy atom. The van der Waals surface area contributed by atoms with Crippen LogP contribution in [-0.4, -0.2) is 34.1 Å². The SMILES string of the molecule is CC(C)=CCCC(CO)=C1[C@@H](O)C[C@]2(C)[C@@]3(C)CCC4[C@H](C)[C@H](O)CC[C@]4(C)[C@]3(C)CC[C@@]12C. The van der Waals surface area contributed by atoms with Crippen LogP contribution in [0.4, 0.5) is 0 Å². The minimum absolute atomic E-state index is 0.0219. The van der Waals surface area contributed by atoms with Crippen LogP contribution in [-0.2, 0) is 0 Å². The lowest BCUT2D eigenvalue weighted by Crippen LogP contribution is -2.68. The molecule has 0 aliphatic heterocycles. The van der Waals surface area contributed by atoms with Gasteiger partial charge in [-0.05, 0) is 122 Å². The minimum atomic E-state index is -0.458. The van der Waals surface area contributed by atoms with E-state index in [2.05, 4.69) is 61.5 Å². The van der Waals surface area contributed by atoms with E-state index in [9.17, 15) is 15.3 Å². The summed E-state index contributed by atoms with van der Waals surface area (Å²) in [6.07, 6.45) is 10.8. The highest BCUT2D eigenvalue weighted by molar-refractivity contribution is 5.39. The number of fused-ring (bicyclic) bond motifs is 5. The van der Waals surface area contributed by atoms with E-state index in [1.54, 1.807) is 0 Å². The first-order valence-corrected chi connectivity index (χ1v) is 14.1. The fourth-order valence-electron chi connectivity index (χ4n) is 10.4. The summed E-state index contributed by atoms with van der Waals surface area (Å²) in [7, 11) is 0. The van der Waals surface area contributed by atoms with E-state index < -0.39 is 6.10 Å². The summed E-state index contributed by atoms with van der Waals surface area (Å²) in [6, 6.07) is 0. The van der Waals surface area contributed by atoms with Crippen molar-refractivity contribution in [1.82, 2.24) is 0 Å². The highest BCUT2D eigenvalue weighted by Gasteiger charge is 2.75. The topological polar surface area (TPSA) is 60.7 Å². The molecule has 4 fully saturated rings. The molecule has 194 valence electrons. The van der Waals surface area contributed by atoms with Gasteiger partial charge in [0.15, 0.2) is 0 Å². The van der Waals surface area contributed by atoms with Crippen LogP contribution in [0.15, 0.2) is 22.8 Å². The fraction of sp³-hybridized carbons (Fsp3) is 0.871. The molecule has 3 heteroatoms. The molecular formula is C31H52O3. The smallest absolute Gasteiger partial charge is 0.0764 e. The molecule has 4 aliphatic carbocycles. The molecule has 0 amide bonds. The second-order valence-corrected chi connectivity index (χ2v) is 14.1. The fourth-order valence-corrected chi connectivity index (χ4v) is 10.4. The molecule has 3 nitrogen and oxygen atoms in total. The Hall–Kier alpha value is -0.640. The molecule has 0 heterocycles. The molecule has 0 spiro atoms. The zero-order valence-electron chi connectivity index (χ0n) is 23.3. The van der Waals surface area contributed by atoms with Crippen LogP contribution < -0.4 is 0 Å². The first-order valence-electron chi connectivity index (χ1n) is 14.1. The van der Waals surface area contributed by atoms with Crippen molar-refractivity contribution in [3.63, 3.8) is 0 Å². The number of hydrogen-bond acceptors (Lipinski definition) is 3. The highest BCUT2D eigenvalue weighted by Crippen LogP contribution is 2.82. The van der Waals surface area contributed by atoms with E-state index in [0.717, 1.165) is 50.5 Å². The van der Waals surface area contributed by atoms with Crippen LogP contribution in [0.3, 0.4) is 0 Å². The largest absolute Gasteiger partial charge is 0.393 e. The second-order valence-electron chi connectivity index (χ2n) is 14.1. The van der Waals surface area contributed by atoms with Crippen LogP contribution in [0, 0.1) is 38.9 Å². The molecule has 0 bridgehead atoms. The normalized spacial score (nSPS) is 51.9. The number of rotatable bonds is 4. The summed E-state index contributed by atoms with van der Waals surface area (Å²) in [5.41, 5.74) is 3.93. The van der Waals surface area contributed by atoms with Gasteiger partial charge < -0.3 is 15.3 Å². The van der Waals surface area contributed by atoms with Crippen LogP contribution in [0.1, 0.15) is 113 Å². The van der Waals surface area contributed by atoms with Gasteiger partial charge in [-0.15, -0.1) is 0 Å². The summed E-state index contributed by atoms with van der Waals surface area (Å²) >= 11 is 0. The number of aliphatic hydroxyl groups is 3. The van der Waals surface area contributed by atoms with Crippen molar-refractivity contribution in [2.24, 2.45) is 38.9 Å². The predicted molar refractivity (Wildman–Crippen MR) is 140 cm³/mol. The maximum absolute atomic E-state index is 11.6. The van der Waals surface area contributed by atoms with Gasteiger partial charge in [-0.2, -0.15) is 0 Å². The van der Waals surface area contributed by atoms with Gasteiger partial charge in [0.1, 0.15) is 0 Å². The molecule has 34 heavy (non-hydrogen) atoms. The second kappa shape index (κ2) is 8.45. The van der Waals surface area contributed by atoms with Gasteiger partial charge in [-0.25, -0.2) is 0 Å². The third-order valence-electron chi connectivity index (χ3n) is 13.1. The molecule has 4 aliphatic rings. The van der Waals surface area contributed by atoms with E-state index in [0.29, 0.717) is 11.8 Å². The average molecular weight is 473 g/mol. The van der Waals surface area contributed by atoms with Gasteiger partial charge in [0.25, 0.3) is 0 Å². The van der Waals surface area contributed by atoms with Crippen molar-refractivity contribution < 1.29 is 15.3 Å². The van der Waals surface area contributed by atoms with Crippen molar-refractivity contribution in [3.8, 4) is 0 Å². The lowest BCUT2D eigenvalue weighted by molar-refractivity contribution is -0.267. The van der Waals surface area contributed by atoms with E-state index in [1.165, 1.54) is 24.0 Å². The Morgan fingerprint density at radius 3 is 2.21 bits per heavy atom. The summed E-state index contributed by atoms with van der Waals surface area (Å²) in [4.78, 5) is 0.